The van der Waals surface area contributed by atoms with E-state index < -0.39 is 6.04 Å². The molecule has 26 heavy (non-hydrogen) atoms. The fraction of sp³-hybridized carbons (Fsp3) is 0.526. The van der Waals surface area contributed by atoms with Crippen molar-refractivity contribution >= 4 is 41.6 Å². The Morgan fingerprint density at radius 3 is 2.73 bits per heavy atom. The van der Waals surface area contributed by atoms with E-state index in [0.29, 0.717) is 19.0 Å². The summed E-state index contributed by atoms with van der Waals surface area (Å²) in [6.45, 7) is 1.55. The Labute approximate surface area is 167 Å². The molecule has 1 aromatic carbocycles. The van der Waals surface area contributed by atoms with E-state index >= 15 is 0 Å². The van der Waals surface area contributed by atoms with Crippen LogP contribution in [0.5, 0.6) is 0 Å². The fourth-order valence-electron chi connectivity index (χ4n) is 3.64. The average molecular weight is 401 g/mol. The summed E-state index contributed by atoms with van der Waals surface area (Å²) in [5.74, 6) is -0.0693. The van der Waals surface area contributed by atoms with Gasteiger partial charge in [-0.15, -0.1) is 24.8 Å². The van der Waals surface area contributed by atoms with Gasteiger partial charge in [0.05, 0.1) is 6.04 Å². The van der Waals surface area contributed by atoms with Crippen molar-refractivity contribution in [1.29, 1.82) is 0 Å². The van der Waals surface area contributed by atoms with Crippen molar-refractivity contribution in [2.45, 2.75) is 44.2 Å². The van der Waals surface area contributed by atoms with Gasteiger partial charge in [0.15, 0.2) is 0 Å². The number of amides is 1. The molecule has 146 valence electrons. The monoisotopic (exact) mass is 400 g/mol. The first kappa shape index (κ1) is 22.8. The lowest BCUT2D eigenvalue weighted by Crippen LogP contribution is -2.45. The molecular weight excluding hydrogens is 371 g/mol. The van der Waals surface area contributed by atoms with Crippen LogP contribution in [0.15, 0.2) is 30.5 Å². The third-order valence-corrected chi connectivity index (χ3v) is 5.16. The summed E-state index contributed by atoms with van der Waals surface area (Å²) in [7, 11) is 2.15. The van der Waals surface area contributed by atoms with Gasteiger partial charge in [-0.1, -0.05) is 31.0 Å². The van der Waals surface area contributed by atoms with Gasteiger partial charge >= 0.3 is 0 Å². The number of carbonyl (C=O) groups excluding carboxylic acids is 1. The normalized spacial score (nSPS) is 15.5. The highest BCUT2D eigenvalue weighted by Gasteiger charge is 2.20. The van der Waals surface area contributed by atoms with E-state index in [1.54, 1.807) is 0 Å². The zero-order chi connectivity index (χ0) is 16.9. The summed E-state index contributed by atoms with van der Waals surface area (Å²) in [5.41, 5.74) is 8.27. The number of hydrogen-bond acceptors (Lipinski definition) is 3. The Morgan fingerprint density at radius 1 is 1.31 bits per heavy atom. The molecule has 0 bridgehead atoms. The van der Waals surface area contributed by atoms with Crippen LogP contribution in [-0.2, 0) is 11.2 Å². The molecule has 1 aliphatic carbocycles. The molecule has 2 aromatic rings. The van der Waals surface area contributed by atoms with Crippen LogP contribution in [0.25, 0.3) is 10.9 Å². The van der Waals surface area contributed by atoms with E-state index in [9.17, 15) is 4.79 Å². The Kier molecular flexibility index (Phi) is 9.44. The predicted octanol–water partition coefficient (Wildman–Crippen LogP) is 2.87. The number of H-pyrrole nitrogens is 1. The third-order valence-electron chi connectivity index (χ3n) is 5.16. The minimum Gasteiger partial charge on any atom is -0.361 e. The first-order valence-electron chi connectivity index (χ1n) is 8.93. The highest BCUT2D eigenvalue weighted by Crippen LogP contribution is 2.22. The van der Waals surface area contributed by atoms with Gasteiger partial charge in [0.1, 0.15) is 0 Å². The van der Waals surface area contributed by atoms with Gasteiger partial charge in [0.25, 0.3) is 0 Å². The van der Waals surface area contributed by atoms with Crippen LogP contribution >= 0.6 is 24.8 Å². The van der Waals surface area contributed by atoms with Crippen molar-refractivity contribution in [2.24, 2.45) is 5.73 Å². The smallest absolute Gasteiger partial charge is 0.237 e. The van der Waals surface area contributed by atoms with Crippen LogP contribution in [0.1, 0.15) is 31.2 Å². The molecule has 0 spiro atoms. The lowest BCUT2D eigenvalue weighted by Gasteiger charge is -2.24. The number of para-hydroxylation sites is 1. The summed E-state index contributed by atoms with van der Waals surface area (Å²) >= 11 is 0. The van der Waals surface area contributed by atoms with Crippen molar-refractivity contribution in [1.82, 2.24) is 15.2 Å². The van der Waals surface area contributed by atoms with E-state index in [-0.39, 0.29) is 30.7 Å². The minimum absolute atomic E-state index is 0. The summed E-state index contributed by atoms with van der Waals surface area (Å²) < 4.78 is 0. The lowest BCUT2D eigenvalue weighted by atomic mass is 10.1. The fourth-order valence-corrected chi connectivity index (χ4v) is 3.64. The van der Waals surface area contributed by atoms with Crippen LogP contribution in [-0.4, -0.2) is 48.0 Å². The van der Waals surface area contributed by atoms with Gasteiger partial charge < -0.3 is 20.9 Å². The second-order valence-electron chi connectivity index (χ2n) is 6.88. The number of rotatable bonds is 7. The van der Waals surface area contributed by atoms with Crippen LogP contribution < -0.4 is 11.1 Å². The van der Waals surface area contributed by atoms with Crippen LogP contribution in [0.2, 0.25) is 0 Å². The molecule has 5 nitrogen and oxygen atoms in total. The maximum Gasteiger partial charge on any atom is 0.237 e. The molecular formula is C19H30Cl2N4O. The van der Waals surface area contributed by atoms with Gasteiger partial charge in [0, 0.05) is 36.2 Å². The Hall–Kier alpha value is -1.27. The molecule has 1 amide bonds. The van der Waals surface area contributed by atoms with Gasteiger partial charge in [-0.05, 0) is 37.9 Å². The number of nitrogens with two attached hydrogens (primary N) is 1. The maximum atomic E-state index is 12.2. The summed E-state index contributed by atoms with van der Waals surface area (Å²) in [5, 5.41) is 4.12. The van der Waals surface area contributed by atoms with Crippen LogP contribution in [0.3, 0.4) is 0 Å². The van der Waals surface area contributed by atoms with Gasteiger partial charge in [-0.3, -0.25) is 4.79 Å². The topological polar surface area (TPSA) is 74.2 Å². The zero-order valence-corrected chi connectivity index (χ0v) is 16.9. The van der Waals surface area contributed by atoms with Crippen molar-refractivity contribution < 1.29 is 4.79 Å². The number of aromatic nitrogens is 1. The summed E-state index contributed by atoms with van der Waals surface area (Å²) in [6.07, 6.45) is 7.72. The van der Waals surface area contributed by atoms with Gasteiger partial charge in [0.2, 0.25) is 5.91 Å². The van der Waals surface area contributed by atoms with Crippen LogP contribution in [0.4, 0.5) is 0 Å². The Morgan fingerprint density at radius 2 is 2.00 bits per heavy atom. The first-order chi connectivity index (χ1) is 11.6. The molecule has 4 N–H and O–H groups in total. The number of benzene rings is 1. The van der Waals surface area contributed by atoms with E-state index in [0.717, 1.165) is 23.0 Å². The van der Waals surface area contributed by atoms with Crippen LogP contribution in [0, 0.1) is 0 Å². The number of nitrogens with one attached hydrogen (secondary N) is 2. The first-order valence-corrected chi connectivity index (χ1v) is 8.93. The minimum atomic E-state index is -0.513. The predicted molar refractivity (Wildman–Crippen MR) is 112 cm³/mol. The molecule has 0 radical (unpaired) electrons. The maximum absolute atomic E-state index is 12.2. The Bertz CT molecular complexity index is 685. The molecule has 1 saturated carbocycles. The van der Waals surface area contributed by atoms with Crippen molar-refractivity contribution in [2.75, 3.05) is 20.1 Å². The molecule has 0 aliphatic heterocycles. The summed E-state index contributed by atoms with van der Waals surface area (Å²) in [4.78, 5) is 17.8. The molecule has 1 atom stereocenters. The number of hydrogen-bond donors (Lipinski definition) is 3. The highest BCUT2D eigenvalue weighted by atomic mass is 35.5. The van der Waals surface area contributed by atoms with Crippen molar-refractivity contribution in [3.05, 3.63) is 36.0 Å². The Balaban J connectivity index is 0.00000169. The molecule has 3 rings (SSSR count). The number of likely N-dealkylation sites (N-methyl/N-ethyl adjacent to an activating group) is 1. The van der Waals surface area contributed by atoms with Crippen molar-refractivity contribution in [3.63, 3.8) is 0 Å². The number of nitrogens with zero attached hydrogens (tertiary/aromatic N) is 1. The number of halogens is 2. The third kappa shape index (κ3) is 5.61. The number of carbonyl (C=O) groups is 1. The van der Waals surface area contributed by atoms with E-state index in [2.05, 4.69) is 28.3 Å². The SMILES string of the molecule is CN(CCNC(=O)[C@@H](N)Cc1c[nH]c2ccccc12)C1CCCC1.Cl.Cl. The van der Waals surface area contributed by atoms with Crippen molar-refractivity contribution in [3.8, 4) is 0 Å². The molecule has 0 saturated heterocycles. The quantitative estimate of drug-likeness (QED) is 0.668. The molecule has 0 unspecified atom stereocenters. The summed E-state index contributed by atoms with van der Waals surface area (Å²) in [6, 6.07) is 8.26. The zero-order valence-electron chi connectivity index (χ0n) is 15.2. The second kappa shape index (κ2) is 10.8. The standard InChI is InChI=1S/C19H28N4O.2ClH/c1-23(15-6-2-3-7-15)11-10-21-19(24)17(20)12-14-13-22-18-9-5-4-8-16(14)18;;/h4-5,8-9,13,15,17,22H,2-3,6-7,10-12,20H2,1H3,(H,21,24);2*1H/t17-;;/m0../s1. The van der Waals surface area contributed by atoms with Gasteiger partial charge in [-0.25, -0.2) is 0 Å². The molecule has 7 heteroatoms. The van der Waals surface area contributed by atoms with E-state index in [1.165, 1.54) is 25.7 Å². The van der Waals surface area contributed by atoms with E-state index in [4.69, 9.17) is 5.73 Å². The largest absolute Gasteiger partial charge is 0.361 e. The number of aromatic amines is 1. The number of fused-ring (bicyclic) bond motifs is 1. The molecule has 1 heterocycles. The average Bonchev–Trinajstić information content (AvgIpc) is 3.25. The van der Waals surface area contributed by atoms with Gasteiger partial charge in [-0.2, -0.15) is 0 Å². The molecule has 1 fully saturated rings. The highest BCUT2D eigenvalue weighted by molar-refractivity contribution is 5.86. The lowest BCUT2D eigenvalue weighted by molar-refractivity contribution is -0.122. The second-order valence-corrected chi connectivity index (χ2v) is 6.88. The van der Waals surface area contributed by atoms with E-state index in [1.807, 2.05) is 24.4 Å². The molecule has 1 aliphatic rings. The molecule has 1 aromatic heterocycles.